The number of rotatable bonds is 4. The highest BCUT2D eigenvalue weighted by atomic mass is 16.5. The monoisotopic (exact) mass is 234 g/mol. The molecule has 0 bridgehead atoms. The molecule has 17 heavy (non-hydrogen) atoms. The second-order valence-electron chi connectivity index (χ2n) is 4.66. The van der Waals surface area contributed by atoms with Crippen molar-refractivity contribution in [3.05, 3.63) is 24.0 Å². The molecule has 1 fully saturated rings. The zero-order valence-corrected chi connectivity index (χ0v) is 10.6. The Morgan fingerprint density at radius 3 is 3.18 bits per heavy atom. The van der Waals surface area contributed by atoms with E-state index in [4.69, 9.17) is 4.74 Å². The summed E-state index contributed by atoms with van der Waals surface area (Å²) in [5.41, 5.74) is 1.26. The van der Waals surface area contributed by atoms with E-state index in [1.807, 2.05) is 6.20 Å². The van der Waals surface area contributed by atoms with Crippen LogP contribution in [0.2, 0.25) is 0 Å². The Morgan fingerprint density at radius 1 is 1.35 bits per heavy atom. The summed E-state index contributed by atoms with van der Waals surface area (Å²) >= 11 is 0. The van der Waals surface area contributed by atoms with Gasteiger partial charge in [-0.05, 0) is 37.4 Å². The van der Waals surface area contributed by atoms with Crippen LogP contribution in [-0.4, -0.2) is 18.1 Å². The maximum absolute atomic E-state index is 5.63. The average molecular weight is 234 g/mol. The molecule has 0 aromatic carbocycles. The van der Waals surface area contributed by atoms with Gasteiger partial charge in [0.1, 0.15) is 5.75 Å². The van der Waals surface area contributed by atoms with Gasteiger partial charge >= 0.3 is 0 Å². The fraction of sp³-hybridized carbons (Fsp3) is 0.643. The van der Waals surface area contributed by atoms with Crippen molar-refractivity contribution >= 4 is 0 Å². The van der Waals surface area contributed by atoms with Crippen LogP contribution in [0.3, 0.4) is 0 Å². The molecular formula is C14H22N2O. The lowest BCUT2D eigenvalue weighted by atomic mass is 10.0. The number of hydrogen-bond acceptors (Lipinski definition) is 3. The summed E-state index contributed by atoms with van der Waals surface area (Å²) in [4.78, 5) is 4.28. The summed E-state index contributed by atoms with van der Waals surface area (Å²) in [7, 11) is 0. The van der Waals surface area contributed by atoms with E-state index in [2.05, 4.69) is 23.3 Å². The van der Waals surface area contributed by atoms with Crippen LogP contribution in [0.15, 0.2) is 18.5 Å². The topological polar surface area (TPSA) is 34.1 Å². The summed E-state index contributed by atoms with van der Waals surface area (Å²) in [6, 6.07) is 2.58. The largest absolute Gasteiger partial charge is 0.492 e. The van der Waals surface area contributed by atoms with Crippen LogP contribution in [0.1, 0.15) is 50.6 Å². The molecule has 2 rings (SSSR count). The summed E-state index contributed by atoms with van der Waals surface area (Å²) < 4.78 is 5.63. The lowest BCUT2D eigenvalue weighted by Crippen LogP contribution is -2.20. The van der Waals surface area contributed by atoms with Crippen molar-refractivity contribution in [1.29, 1.82) is 0 Å². The molecular weight excluding hydrogens is 212 g/mol. The number of nitrogens with one attached hydrogen (secondary N) is 1. The van der Waals surface area contributed by atoms with Gasteiger partial charge in [0.25, 0.3) is 0 Å². The Balaban J connectivity index is 2.03. The number of ether oxygens (including phenoxy) is 1. The molecule has 94 valence electrons. The highest BCUT2D eigenvalue weighted by Crippen LogP contribution is 2.24. The van der Waals surface area contributed by atoms with Crippen LogP contribution in [-0.2, 0) is 0 Å². The molecule has 0 aliphatic carbocycles. The molecule has 1 unspecified atom stereocenters. The van der Waals surface area contributed by atoms with Crippen LogP contribution in [0, 0.1) is 0 Å². The molecule has 1 atom stereocenters. The third-order valence-electron chi connectivity index (χ3n) is 3.17. The van der Waals surface area contributed by atoms with Crippen LogP contribution in [0.25, 0.3) is 0 Å². The predicted molar refractivity (Wildman–Crippen MR) is 69.2 cm³/mol. The first kappa shape index (κ1) is 12.4. The van der Waals surface area contributed by atoms with Gasteiger partial charge in [0.05, 0.1) is 12.8 Å². The lowest BCUT2D eigenvalue weighted by molar-refractivity contribution is 0.315. The third-order valence-corrected chi connectivity index (χ3v) is 3.17. The predicted octanol–water partition coefficient (Wildman–Crippen LogP) is 3.08. The van der Waals surface area contributed by atoms with Gasteiger partial charge in [0, 0.05) is 12.2 Å². The van der Waals surface area contributed by atoms with Crippen LogP contribution in [0.5, 0.6) is 5.75 Å². The number of nitrogens with zero attached hydrogens (tertiary/aromatic N) is 1. The maximum Gasteiger partial charge on any atom is 0.137 e. The Morgan fingerprint density at radius 2 is 2.29 bits per heavy atom. The smallest absolute Gasteiger partial charge is 0.137 e. The second-order valence-corrected chi connectivity index (χ2v) is 4.66. The normalized spacial score (nSPS) is 20.9. The SMILES string of the molecule is CCCOc1cncc(C2CCCCCN2)c1. The molecule has 0 amide bonds. The van der Waals surface area contributed by atoms with Crippen molar-refractivity contribution in [3.63, 3.8) is 0 Å². The minimum Gasteiger partial charge on any atom is -0.492 e. The zero-order valence-electron chi connectivity index (χ0n) is 10.6. The fourth-order valence-electron chi connectivity index (χ4n) is 2.24. The van der Waals surface area contributed by atoms with Gasteiger partial charge in [0.15, 0.2) is 0 Å². The minimum atomic E-state index is 0.454. The van der Waals surface area contributed by atoms with E-state index in [0.29, 0.717) is 6.04 Å². The van der Waals surface area contributed by atoms with Gasteiger partial charge in [-0.3, -0.25) is 4.98 Å². The van der Waals surface area contributed by atoms with Gasteiger partial charge in [-0.25, -0.2) is 0 Å². The van der Waals surface area contributed by atoms with Crippen molar-refractivity contribution in [1.82, 2.24) is 10.3 Å². The van der Waals surface area contributed by atoms with Crippen molar-refractivity contribution in [2.75, 3.05) is 13.2 Å². The van der Waals surface area contributed by atoms with Gasteiger partial charge in [-0.2, -0.15) is 0 Å². The molecule has 0 radical (unpaired) electrons. The van der Waals surface area contributed by atoms with E-state index in [1.165, 1.54) is 31.2 Å². The molecule has 1 aromatic heterocycles. The quantitative estimate of drug-likeness (QED) is 0.869. The Bertz CT molecular complexity index is 333. The minimum absolute atomic E-state index is 0.454. The average Bonchev–Trinajstić information content (AvgIpc) is 2.65. The van der Waals surface area contributed by atoms with Gasteiger partial charge in [0.2, 0.25) is 0 Å². The van der Waals surface area contributed by atoms with Crippen molar-refractivity contribution < 1.29 is 4.74 Å². The molecule has 1 N–H and O–H groups in total. The molecule has 1 aliphatic rings. The third kappa shape index (κ3) is 3.70. The van der Waals surface area contributed by atoms with Gasteiger partial charge in [-0.1, -0.05) is 19.8 Å². The number of aromatic nitrogens is 1. The molecule has 2 heterocycles. The summed E-state index contributed by atoms with van der Waals surface area (Å²) in [5, 5.41) is 3.59. The fourth-order valence-corrected chi connectivity index (χ4v) is 2.24. The van der Waals surface area contributed by atoms with E-state index in [0.717, 1.165) is 25.3 Å². The van der Waals surface area contributed by atoms with Gasteiger partial charge in [-0.15, -0.1) is 0 Å². The second kappa shape index (κ2) is 6.60. The highest BCUT2D eigenvalue weighted by Gasteiger charge is 2.14. The van der Waals surface area contributed by atoms with E-state index in [9.17, 15) is 0 Å². The van der Waals surface area contributed by atoms with Crippen molar-refractivity contribution in [2.24, 2.45) is 0 Å². The molecule has 0 saturated carbocycles. The summed E-state index contributed by atoms with van der Waals surface area (Å²) in [5.74, 6) is 0.899. The first-order valence-corrected chi connectivity index (χ1v) is 6.71. The van der Waals surface area contributed by atoms with Crippen LogP contribution < -0.4 is 10.1 Å². The first-order chi connectivity index (χ1) is 8.40. The standard InChI is InChI=1S/C14H22N2O/c1-2-8-17-13-9-12(10-15-11-13)14-6-4-3-5-7-16-14/h9-11,14,16H,2-8H2,1H3. The molecule has 1 aromatic rings. The first-order valence-electron chi connectivity index (χ1n) is 6.71. The number of pyridine rings is 1. The van der Waals surface area contributed by atoms with Crippen LogP contribution >= 0.6 is 0 Å². The summed E-state index contributed by atoms with van der Waals surface area (Å²) in [6.07, 6.45) is 9.93. The Labute approximate surface area is 104 Å². The van der Waals surface area contributed by atoms with E-state index in [-0.39, 0.29) is 0 Å². The maximum atomic E-state index is 5.63. The molecule has 3 nitrogen and oxygen atoms in total. The van der Waals surface area contributed by atoms with Gasteiger partial charge < -0.3 is 10.1 Å². The van der Waals surface area contributed by atoms with Crippen molar-refractivity contribution in [2.45, 2.75) is 45.1 Å². The lowest BCUT2D eigenvalue weighted by Gasteiger charge is -2.16. The molecule has 1 aliphatic heterocycles. The van der Waals surface area contributed by atoms with E-state index < -0.39 is 0 Å². The zero-order chi connectivity index (χ0) is 11.9. The number of hydrogen-bond donors (Lipinski definition) is 1. The van der Waals surface area contributed by atoms with Crippen LogP contribution in [0.4, 0.5) is 0 Å². The molecule has 1 saturated heterocycles. The highest BCUT2D eigenvalue weighted by molar-refractivity contribution is 5.26. The van der Waals surface area contributed by atoms with E-state index >= 15 is 0 Å². The molecule has 3 heteroatoms. The Hall–Kier alpha value is -1.09. The van der Waals surface area contributed by atoms with E-state index in [1.54, 1.807) is 6.20 Å². The van der Waals surface area contributed by atoms with Crippen molar-refractivity contribution in [3.8, 4) is 5.75 Å². The summed E-state index contributed by atoms with van der Waals surface area (Å²) in [6.45, 7) is 4.00. The molecule has 0 spiro atoms. The Kier molecular flexibility index (Phi) is 4.80.